The standard InChI is InChI=1S/C16H19N5O2/c22-16(15-12-3-1-2-4-13(12)23-19-15)21-9-7-20(8-10-21)14-11-17-5-6-18-14/h5-6,11H,1-4,7-10H2. The van der Waals surface area contributed by atoms with Gasteiger partial charge >= 0.3 is 0 Å². The van der Waals surface area contributed by atoms with Crippen LogP contribution in [0, 0.1) is 0 Å². The third-order valence-corrected chi connectivity index (χ3v) is 4.59. The van der Waals surface area contributed by atoms with Gasteiger partial charge in [-0.1, -0.05) is 5.16 Å². The van der Waals surface area contributed by atoms with Crippen molar-refractivity contribution in [3.05, 3.63) is 35.6 Å². The zero-order chi connectivity index (χ0) is 15.6. The fourth-order valence-electron chi connectivity index (χ4n) is 3.30. The van der Waals surface area contributed by atoms with E-state index in [4.69, 9.17) is 4.52 Å². The molecule has 0 N–H and O–H groups in total. The lowest BCUT2D eigenvalue weighted by molar-refractivity contribution is 0.0735. The number of nitrogens with zero attached hydrogens (tertiary/aromatic N) is 5. The maximum atomic E-state index is 12.7. The number of carbonyl (C=O) groups excluding carboxylic acids is 1. The van der Waals surface area contributed by atoms with Crippen LogP contribution in [0.3, 0.4) is 0 Å². The van der Waals surface area contributed by atoms with Crippen LogP contribution in [0.1, 0.15) is 34.7 Å². The van der Waals surface area contributed by atoms with Gasteiger partial charge in [-0.3, -0.25) is 9.78 Å². The van der Waals surface area contributed by atoms with Gasteiger partial charge < -0.3 is 14.3 Å². The highest BCUT2D eigenvalue weighted by molar-refractivity contribution is 5.94. The van der Waals surface area contributed by atoms with E-state index in [9.17, 15) is 4.79 Å². The number of piperazine rings is 1. The van der Waals surface area contributed by atoms with E-state index in [0.29, 0.717) is 18.8 Å². The number of aryl methyl sites for hydroxylation is 1. The molecule has 2 aromatic heterocycles. The summed E-state index contributed by atoms with van der Waals surface area (Å²) >= 11 is 0. The largest absolute Gasteiger partial charge is 0.360 e. The normalized spacial score (nSPS) is 17.9. The van der Waals surface area contributed by atoms with E-state index < -0.39 is 0 Å². The Morgan fingerprint density at radius 2 is 1.91 bits per heavy atom. The van der Waals surface area contributed by atoms with Gasteiger partial charge in [-0.25, -0.2) is 4.98 Å². The minimum atomic E-state index is -0.00399. The maximum Gasteiger partial charge on any atom is 0.276 e. The Labute approximate surface area is 134 Å². The Morgan fingerprint density at radius 3 is 2.70 bits per heavy atom. The third-order valence-electron chi connectivity index (χ3n) is 4.59. The summed E-state index contributed by atoms with van der Waals surface area (Å²) in [4.78, 5) is 25.1. The lowest BCUT2D eigenvalue weighted by atomic mass is 9.96. The molecule has 7 nitrogen and oxygen atoms in total. The number of fused-ring (bicyclic) bond motifs is 1. The first-order valence-electron chi connectivity index (χ1n) is 8.10. The van der Waals surface area contributed by atoms with Gasteiger partial charge in [0.25, 0.3) is 5.91 Å². The molecule has 1 amide bonds. The van der Waals surface area contributed by atoms with Crippen LogP contribution in [0.25, 0.3) is 0 Å². The molecule has 0 saturated carbocycles. The summed E-state index contributed by atoms with van der Waals surface area (Å²) in [6.07, 6.45) is 9.13. The number of anilines is 1. The summed E-state index contributed by atoms with van der Waals surface area (Å²) in [7, 11) is 0. The first-order valence-corrected chi connectivity index (χ1v) is 8.10. The molecule has 0 unspecified atom stereocenters. The molecule has 7 heteroatoms. The summed E-state index contributed by atoms with van der Waals surface area (Å²) in [5.74, 6) is 1.76. The van der Waals surface area contributed by atoms with Crippen LogP contribution < -0.4 is 4.90 Å². The molecule has 23 heavy (non-hydrogen) atoms. The molecule has 0 bridgehead atoms. The second kappa shape index (κ2) is 5.98. The minimum absolute atomic E-state index is 0.00399. The van der Waals surface area contributed by atoms with Crippen LogP contribution in [0.2, 0.25) is 0 Å². The monoisotopic (exact) mass is 313 g/mol. The van der Waals surface area contributed by atoms with Gasteiger partial charge in [0, 0.05) is 50.6 Å². The maximum absolute atomic E-state index is 12.7. The van der Waals surface area contributed by atoms with Gasteiger partial charge in [0.1, 0.15) is 11.6 Å². The molecule has 4 rings (SSSR count). The van der Waals surface area contributed by atoms with Crippen molar-refractivity contribution in [1.29, 1.82) is 0 Å². The van der Waals surface area contributed by atoms with E-state index in [2.05, 4.69) is 20.0 Å². The van der Waals surface area contributed by atoms with Crippen LogP contribution in [-0.2, 0) is 12.8 Å². The molecule has 0 radical (unpaired) electrons. The quantitative estimate of drug-likeness (QED) is 0.832. The molecule has 0 atom stereocenters. The zero-order valence-electron chi connectivity index (χ0n) is 12.9. The zero-order valence-corrected chi connectivity index (χ0v) is 12.9. The smallest absolute Gasteiger partial charge is 0.276 e. The van der Waals surface area contributed by atoms with E-state index in [0.717, 1.165) is 55.9 Å². The van der Waals surface area contributed by atoms with Crippen LogP contribution in [0.5, 0.6) is 0 Å². The van der Waals surface area contributed by atoms with Crippen molar-refractivity contribution in [2.75, 3.05) is 31.1 Å². The number of hydrogen-bond acceptors (Lipinski definition) is 6. The number of hydrogen-bond donors (Lipinski definition) is 0. The number of amides is 1. The molecule has 1 saturated heterocycles. The van der Waals surface area contributed by atoms with Gasteiger partial charge in [0.15, 0.2) is 5.69 Å². The molecular formula is C16H19N5O2. The Bertz CT molecular complexity index is 692. The Balaban J connectivity index is 1.44. The Kier molecular flexibility index (Phi) is 3.69. The molecule has 2 aromatic rings. The molecule has 1 aliphatic heterocycles. The molecule has 120 valence electrons. The predicted molar refractivity (Wildman–Crippen MR) is 83.3 cm³/mol. The highest BCUT2D eigenvalue weighted by Crippen LogP contribution is 2.25. The van der Waals surface area contributed by atoms with Crippen molar-refractivity contribution >= 4 is 11.7 Å². The topological polar surface area (TPSA) is 75.4 Å². The summed E-state index contributed by atoms with van der Waals surface area (Å²) in [5.41, 5.74) is 1.55. The lowest BCUT2D eigenvalue weighted by Gasteiger charge is -2.34. The van der Waals surface area contributed by atoms with Crippen LogP contribution in [0.4, 0.5) is 5.82 Å². The molecular weight excluding hydrogens is 294 g/mol. The fraction of sp³-hybridized carbons (Fsp3) is 0.500. The first kappa shape index (κ1) is 14.2. The van der Waals surface area contributed by atoms with Crippen LogP contribution >= 0.6 is 0 Å². The number of carbonyl (C=O) groups is 1. The molecule has 1 aliphatic carbocycles. The van der Waals surface area contributed by atoms with E-state index in [1.807, 2.05) is 4.90 Å². The van der Waals surface area contributed by atoms with Crippen molar-refractivity contribution in [3.8, 4) is 0 Å². The second-order valence-electron chi connectivity index (χ2n) is 5.98. The SMILES string of the molecule is O=C(c1noc2c1CCCC2)N1CCN(c2cnccn2)CC1. The van der Waals surface area contributed by atoms with Crippen LogP contribution in [0.15, 0.2) is 23.1 Å². The van der Waals surface area contributed by atoms with Gasteiger partial charge in [-0.05, 0) is 19.3 Å². The van der Waals surface area contributed by atoms with Crippen molar-refractivity contribution < 1.29 is 9.32 Å². The Morgan fingerprint density at radius 1 is 1.09 bits per heavy atom. The van der Waals surface area contributed by atoms with Crippen molar-refractivity contribution in [3.63, 3.8) is 0 Å². The van der Waals surface area contributed by atoms with Crippen molar-refractivity contribution in [2.24, 2.45) is 0 Å². The molecule has 2 aliphatic rings. The van der Waals surface area contributed by atoms with Crippen molar-refractivity contribution in [2.45, 2.75) is 25.7 Å². The van der Waals surface area contributed by atoms with E-state index in [-0.39, 0.29) is 5.91 Å². The summed E-state index contributed by atoms with van der Waals surface area (Å²) in [6.45, 7) is 2.84. The highest BCUT2D eigenvalue weighted by Gasteiger charge is 2.29. The van der Waals surface area contributed by atoms with Gasteiger partial charge in [-0.15, -0.1) is 0 Å². The second-order valence-corrected chi connectivity index (χ2v) is 5.98. The highest BCUT2D eigenvalue weighted by atomic mass is 16.5. The summed E-state index contributed by atoms with van der Waals surface area (Å²) < 4.78 is 5.36. The number of rotatable bonds is 2. The number of aromatic nitrogens is 3. The summed E-state index contributed by atoms with van der Waals surface area (Å²) in [5, 5.41) is 4.05. The average molecular weight is 313 g/mol. The fourth-order valence-corrected chi connectivity index (χ4v) is 3.30. The van der Waals surface area contributed by atoms with E-state index >= 15 is 0 Å². The first-order chi connectivity index (χ1) is 11.3. The molecule has 1 fully saturated rings. The van der Waals surface area contributed by atoms with Gasteiger partial charge in [-0.2, -0.15) is 0 Å². The van der Waals surface area contributed by atoms with Gasteiger partial charge in [0.05, 0.1) is 6.20 Å². The van der Waals surface area contributed by atoms with Gasteiger partial charge in [0.2, 0.25) is 0 Å². The molecule has 3 heterocycles. The Hall–Kier alpha value is -2.44. The molecule has 0 aromatic carbocycles. The van der Waals surface area contributed by atoms with E-state index in [1.54, 1.807) is 18.6 Å². The van der Waals surface area contributed by atoms with Crippen molar-refractivity contribution in [1.82, 2.24) is 20.0 Å². The van der Waals surface area contributed by atoms with Crippen LogP contribution in [-0.4, -0.2) is 52.1 Å². The van der Waals surface area contributed by atoms with E-state index in [1.165, 1.54) is 0 Å². The minimum Gasteiger partial charge on any atom is -0.360 e. The molecule has 0 spiro atoms. The summed E-state index contributed by atoms with van der Waals surface area (Å²) in [6, 6.07) is 0. The lowest BCUT2D eigenvalue weighted by Crippen LogP contribution is -2.49. The predicted octanol–water partition coefficient (Wildman–Crippen LogP) is 1.31. The average Bonchev–Trinajstić information content (AvgIpc) is 3.06. The third kappa shape index (κ3) is 2.67.